The van der Waals surface area contributed by atoms with Crippen LogP contribution in [0.5, 0.6) is 5.75 Å². The van der Waals surface area contributed by atoms with E-state index in [1.54, 1.807) is 0 Å². The van der Waals surface area contributed by atoms with Crippen molar-refractivity contribution in [1.82, 2.24) is 0 Å². The van der Waals surface area contributed by atoms with Gasteiger partial charge in [0.2, 0.25) is 0 Å². The summed E-state index contributed by atoms with van der Waals surface area (Å²) < 4.78 is 6.05. The van der Waals surface area contributed by atoms with Crippen LogP contribution in [0.25, 0.3) is 21.5 Å². The molecule has 3 aromatic carbocycles. The molecule has 0 spiro atoms. The molecule has 1 unspecified atom stereocenters. The Hall–Kier alpha value is -2.35. The SMILES string of the molecule is CCCCC(CC)C(=O)Oc1c2ccccc2cc2ccc(CC)cc12. The van der Waals surface area contributed by atoms with E-state index in [4.69, 9.17) is 4.74 Å². The van der Waals surface area contributed by atoms with Crippen molar-refractivity contribution >= 4 is 27.5 Å². The molecule has 0 N–H and O–H groups in total. The van der Waals surface area contributed by atoms with Gasteiger partial charge < -0.3 is 4.74 Å². The Labute approximate surface area is 156 Å². The minimum absolute atomic E-state index is 0.0293. The number of carbonyl (C=O) groups is 1. The number of esters is 1. The number of rotatable bonds is 7. The van der Waals surface area contributed by atoms with E-state index in [1.807, 2.05) is 18.2 Å². The molecule has 3 rings (SSSR count). The van der Waals surface area contributed by atoms with Crippen molar-refractivity contribution in [3.05, 3.63) is 54.1 Å². The van der Waals surface area contributed by atoms with E-state index >= 15 is 0 Å². The molecule has 1 atom stereocenters. The van der Waals surface area contributed by atoms with Crippen LogP contribution < -0.4 is 4.74 Å². The highest BCUT2D eigenvalue weighted by Crippen LogP contribution is 2.36. The zero-order valence-electron chi connectivity index (χ0n) is 16.0. The standard InChI is InChI=1S/C24H28O2/c1-4-7-10-18(6-3)24(25)26-23-21-12-9-8-11-19(21)16-20-14-13-17(5-2)15-22(20)23/h8-9,11-16,18H,4-7,10H2,1-3H3. The zero-order chi connectivity index (χ0) is 18.5. The van der Waals surface area contributed by atoms with Gasteiger partial charge in [-0.25, -0.2) is 0 Å². The Kier molecular flexibility index (Phi) is 5.92. The molecule has 0 saturated carbocycles. The van der Waals surface area contributed by atoms with Gasteiger partial charge in [0.15, 0.2) is 0 Å². The third kappa shape index (κ3) is 3.75. The summed E-state index contributed by atoms with van der Waals surface area (Å²) in [7, 11) is 0. The first-order valence-electron chi connectivity index (χ1n) is 9.84. The number of benzene rings is 3. The Bertz CT molecular complexity index is 911. The van der Waals surface area contributed by atoms with E-state index in [1.165, 1.54) is 5.56 Å². The highest BCUT2D eigenvalue weighted by molar-refractivity contribution is 6.06. The summed E-state index contributed by atoms with van der Waals surface area (Å²) in [4.78, 5) is 12.9. The van der Waals surface area contributed by atoms with E-state index in [9.17, 15) is 4.79 Å². The van der Waals surface area contributed by atoms with Gasteiger partial charge in [0.25, 0.3) is 0 Å². The second kappa shape index (κ2) is 8.35. The summed E-state index contributed by atoms with van der Waals surface area (Å²) in [6.45, 7) is 6.37. The highest BCUT2D eigenvalue weighted by Gasteiger charge is 2.20. The number of carbonyl (C=O) groups excluding carboxylic acids is 1. The van der Waals surface area contributed by atoms with Crippen LogP contribution in [0.2, 0.25) is 0 Å². The van der Waals surface area contributed by atoms with Gasteiger partial charge in [-0.05, 0) is 47.7 Å². The first-order valence-corrected chi connectivity index (χ1v) is 9.84. The molecule has 0 bridgehead atoms. The van der Waals surface area contributed by atoms with Gasteiger partial charge in [-0.3, -0.25) is 4.79 Å². The van der Waals surface area contributed by atoms with Crippen molar-refractivity contribution in [2.45, 2.75) is 52.9 Å². The summed E-state index contributed by atoms with van der Waals surface area (Å²) >= 11 is 0. The average molecular weight is 348 g/mol. The predicted molar refractivity (Wildman–Crippen MR) is 110 cm³/mol. The minimum Gasteiger partial charge on any atom is -0.425 e. The molecule has 136 valence electrons. The van der Waals surface area contributed by atoms with Crippen LogP contribution in [-0.4, -0.2) is 5.97 Å². The maximum atomic E-state index is 12.9. The summed E-state index contributed by atoms with van der Waals surface area (Å²) in [5, 5.41) is 4.26. The first kappa shape index (κ1) is 18.4. The predicted octanol–water partition coefficient (Wildman–Crippen LogP) is 6.68. The first-order chi connectivity index (χ1) is 12.7. The maximum Gasteiger partial charge on any atom is 0.314 e. The molecule has 0 fully saturated rings. The van der Waals surface area contributed by atoms with Crippen LogP contribution in [0.1, 0.15) is 52.0 Å². The van der Waals surface area contributed by atoms with Gasteiger partial charge >= 0.3 is 5.97 Å². The van der Waals surface area contributed by atoms with Crippen LogP contribution in [0, 0.1) is 5.92 Å². The molecule has 0 amide bonds. The summed E-state index contributed by atoms with van der Waals surface area (Å²) in [5.74, 6) is 0.590. The zero-order valence-corrected chi connectivity index (χ0v) is 16.0. The second-order valence-corrected chi connectivity index (χ2v) is 7.00. The fourth-order valence-corrected chi connectivity index (χ4v) is 3.52. The van der Waals surface area contributed by atoms with Gasteiger partial charge in [-0.2, -0.15) is 0 Å². The van der Waals surface area contributed by atoms with Gasteiger partial charge in [-0.15, -0.1) is 0 Å². The third-order valence-electron chi connectivity index (χ3n) is 5.22. The smallest absolute Gasteiger partial charge is 0.314 e. The summed E-state index contributed by atoms with van der Waals surface area (Å²) in [6.07, 6.45) is 4.84. The molecule has 3 aromatic rings. The molecule has 2 nitrogen and oxygen atoms in total. The van der Waals surface area contributed by atoms with Crippen molar-refractivity contribution in [2.75, 3.05) is 0 Å². The summed E-state index contributed by atoms with van der Waals surface area (Å²) in [5.41, 5.74) is 1.25. The lowest BCUT2D eigenvalue weighted by molar-refractivity contribution is -0.139. The Morgan fingerprint density at radius 3 is 2.46 bits per heavy atom. The molecule has 0 aliphatic heterocycles. The Morgan fingerprint density at radius 2 is 1.73 bits per heavy atom. The molecule has 26 heavy (non-hydrogen) atoms. The molecule has 0 aliphatic rings. The van der Waals surface area contributed by atoms with E-state index in [2.05, 4.69) is 51.1 Å². The fourth-order valence-electron chi connectivity index (χ4n) is 3.52. The molecule has 0 heterocycles. The van der Waals surface area contributed by atoms with Crippen LogP contribution in [0.15, 0.2) is 48.5 Å². The van der Waals surface area contributed by atoms with E-state index < -0.39 is 0 Å². The fraction of sp³-hybridized carbons (Fsp3) is 0.375. The van der Waals surface area contributed by atoms with Gasteiger partial charge in [0.1, 0.15) is 5.75 Å². The van der Waals surface area contributed by atoms with E-state index in [-0.39, 0.29) is 11.9 Å². The molecular weight excluding hydrogens is 320 g/mol. The number of aryl methyl sites for hydroxylation is 1. The van der Waals surface area contributed by atoms with Crippen LogP contribution in [-0.2, 0) is 11.2 Å². The highest BCUT2D eigenvalue weighted by atomic mass is 16.5. The molecular formula is C24H28O2. The van der Waals surface area contributed by atoms with Crippen molar-refractivity contribution < 1.29 is 9.53 Å². The largest absolute Gasteiger partial charge is 0.425 e. The molecule has 0 aliphatic carbocycles. The Balaban J connectivity index is 2.09. The van der Waals surface area contributed by atoms with Gasteiger partial charge in [0, 0.05) is 10.8 Å². The van der Waals surface area contributed by atoms with Crippen molar-refractivity contribution in [2.24, 2.45) is 5.92 Å². The number of ether oxygens (including phenoxy) is 1. The topological polar surface area (TPSA) is 26.3 Å². The minimum atomic E-state index is -0.0968. The monoisotopic (exact) mass is 348 g/mol. The molecule has 2 heteroatoms. The Morgan fingerprint density at radius 1 is 0.962 bits per heavy atom. The normalized spacial score (nSPS) is 12.4. The number of hydrogen-bond acceptors (Lipinski definition) is 2. The lowest BCUT2D eigenvalue weighted by Crippen LogP contribution is -2.20. The lowest BCUT2D eigenvalue weighted by atomic mass is 9.98. The maximum absolute atomic E-state index is 12.9. The number of hydrogen-bond donors (Lipinski definition) is 0. The van der Waals surface area contributed by atoms with Gasteiger partial charge in [0.05, 0.1) is 5.92 Å². The number of fused-ring (bicyclic) bond motifs is 2. The average Bonchev–Trinajstić information content (AvgIpc) is 2.68. The van der Waals surface area contributed by atoms with E-state index in [0.29, 0.717) is 5.75 Å². The number of unbranched alkanes of at least 4 members (excludes halogenated alkanes) is 1. The summed E-state index contributed by atoms with van der Waals surface area (Å²) in [6, 6.07) is 16.8. The molecule has 0 aromatic heterocycles. The third-order valence-corrected chi connectivity index (χ3v) is 5.22. The van der Waals surface area contributed by atoms with E-state index in [0.717, 1.165) is 53.6 Å². The molecule has 0 radical (unpaired) electrons. The molecule has 0 saturated heterocycles. The van der Waals surface area contributed by atoms with Crippen molar-refractivity contribution in [3.8, 4) is 5.75 Å². The van der Waals surface area contributed by atoms with Crippen molar-refractivity contribution in [1.29, 1.82) is 0 Å². The van der Waals surface area contributed by atoms with Crippen LogP contribution in [0.3, 0.4) is 0 Å². The van der Waals surface area contributed by atoms with Crippen LogP contribution >= 0.6 is 0 Å². The van der Waals surface area contributed by atoms with Gasteiger partial charge in [-0.1, -0.05) is 70.0 Å². The van der Waals surface area contributed by atoms with Crippen molar-refractivity contribution in [3.63, 3.8) is 0 Å². The van der Waals surface area contributed by atoms with Crippen LogP contribution in [0.4, 0.5) is 0 Å². The second-order valence-electron chi connectivity index (χ2n) is 7.00. The quantitative estimate of drug-likeness (QED) is 0.270. The lowest BCUT2D eigenvalue weighted by Gasteiger charge is -2.17.